The lowest BCUT2D eigenvalue weighted by Gasteiger charge is -2.43. The summed E-state index contributed by atoms with van der Waals surface area (Å²) in [6.45, 7) is 0.513. The van der Waals surface area contributed by atoms with Gasteiger partial charge >= 0.3 is 6.09 Å². The third kappa shape index (κ3) is 5.65. The van der Waals surface area contributed by atoms with E-state index in [1.54, 1.807) is 43.3 Å². The van der Waals surface area contributed by atoms with E-state index in [1.807, 2.05) is 48.5 Å². The van der Waals surface area contributed by atoms with Gasteiger partial charge in [0.15, 0.2) is 0 Å². The van der Waals surface area contributed by atoms with Gasteiger partial charge in [0.25, 0.3) is 5.91 Å². The standard InChI is InChI=1S/C29H32N2O4/c1-31(28(33)35-24-13-7-4-8-14-24)23-17-19-29(20-18-23,22-11-5-3-6-12-22)21-30-27(32)25-15-9-10-16-26(25)34-2/h3-16,23H,17-21H2,1-2H3,(H,30,32). The minimum absolute atomic E-state index is 0.0768. The van der Waals surface area contributed by atoms with Gasteiger partial charge in [0, 0.05) is 25.0 Å². The van der Waals surface area contributed by atoms with Gasteiger partial charge in [-0.15, -0.1) is 0 Å². The Balaban J connectivity index is 1.45. The first-order chi connectivity index (χ1) is 17.0. The fourth-order valence-corrected chi connectivity index (χ4v) is 4.89. The molecule has 1 fully saturated rings. The summed E-state index contributed by atoms with van der Waals surface area (Å²) in [5, 5.41) is 3.16. The highest BCUT2D eigenvalue weighted by molar-refractivity contribution is 5.97. The number of methoxy groups -OCH3 is 1. The SMILES string of the molecule is COc1ccccc1C(=O)NCC1(c2ccccc2)CCC(N(C)C(=O)Oc2ccccc2)CC1. The first-order valence-corrected chi connectivity index (χ1v) is 12.0. The summed E-state index contributed by atoms with van der Waals surface area (Å²) >= 11 is 0. The van der Waals surface area contributed by atoms with Crippen LogP contribution in [-0.2, 0) is 5.41 Å². The summed E-state index contributed by atoms with van der Waals surface area (Å²) < 4.78 is 10.9. The van der Waals surface area contributed by atoms with Crippen LogP contribution in [-0.4, -0.2) is 43.6 Å². The van der Waals surface area contributed by atoms with Gasteiger partial charge < -0.3 is 19.7 Å². The average molecular weight is 473 g/mol. The quantitative estimate of drug-likeness (QED) is 0.497. The first kappa shape index (κ1) is 24.3. The van der Waals surface area contributed by atoms with Crippen molar-refractivity contribution in [1.29, 1.82) is 0 Å². The number of benzene rings is 3. The molecule has 3 aromatic rings. The van der Waals surface area contributed by atoms with E-state index >= 15 is 0 Å². The molecule has 1 N–H and O–H groups in total. The molecule has 0 atom stereocenters. The van der Waals surface area contributed by atoms with E-state index < -0.39 is 0 Å². The van der Waals surface area contributed by atoms with E-state index in [-0.39, 0.29) is 23.5 Å². The van der Waals surface area contributed by atoms with Crippen molar-refractivity contribution in [2.75, 3.05) is 20.7 Å². The Morgan fingerprint density at radius 2 is 1.51 bits per heavy atom. The van der Waals surface area contributed by atoms with Gasteiger partial charge in [-0.05, 0) is 55.5 Å². The number of nitrogens with zero attached hydrogens (tertiary/aromatic N) is 1. The zero-order valence-corrected chi connectivity index (χ0v) is 20.3. The van der Waals surface area contributed by atoms with E-state index in [0.717, 1.165) is 25.7 Å². The third-order valence-electron chi connectivity index (χ3n) is 7.02. The van der Waals surface area contributed by atoms with Gasteiger partial charge in [0.05, 0.1) is 12.7 Å². The van der Waals surface area contributed by atoms with Gasteiger partial charge in [0.2, 0.25) is 0 Å². The van der Waals surface area contributed by atoms with Crippen LogP contribution < -0.4 is 14.8 Å². The Kier molecular flexibility index (Phi) is 7.70. The highest BCUT2D eigenvalue weighted by atomic mass is 16.6. The van der Waals surface area contributed by atoms with Crippen LogP contribution in [0.25, 0.3) is 0 Å². The molecule has 1 aliphatic carbocycles. The average Bonchev–Trinajstić information content (AvgIpc) is 2.92. The Labute approximate surface area is 206 Å². The second-order valence-electron chi connectivity index (χ2n) is 9.05. The maximum Gasteiger partial charge on any atom is 0.415 e. The van der Waals surface area contributed by atoms with Crippen molar-refractivity contribution in [3.63, 3.8) is 0 Å². The number of rotatable bonds is 7. The molecule has 0 aromatic heterocycles. The van der Waals surface area contributed by atoms with Crippen molar-refractivity contribution in [2.45, 2.75) is 37.1 Å². The maximum absolute atomic E-state index is 13.0. The number of hydrogen-bond acceptors (Lipinski definition) is 4. The molecule has 0 bridgehead atoms. The molecular weight excluding hydrogens is 440 g/mol. The predicted molar refractivity (Wildman–Crippen MR) is 136 cm³/mol. The molecule has 182 valence electrons. The molecule has 1 saturated carbocycles. The van der Waals surface area contributed by atoms with Crippen LogP contribution in [0, 0.1) is 0 Å². The van der Waals surface area contributed by atoms with Gasteiger partial charge in [-0.25, -0.2) is 4.79 Å². The minimum Gasteiger partial charge on any atom is -0.496 e. The maximum atomic E-state index is 13.0. The summed E-state index contributed by atoms with van der Waals surface area (Å²) in [7, 11) is 3.37. The van der Waals surface area contributed by atoms with Crippen molar-refractivity contribution >= 4 is 12.0 Å². The summed E-state index contributed by atoms with van der Waals surface area (Å²) in [4.78, 5) is 27.4. The molecule has 1 aliphatic rings. The molecule has 6 heteroatoms. The van der Waals surface area contributed by atoms with Gasteiger partial charge in [-0.1, -0.05) is 60.7 Å². The van der Waals surface area contributed by atoms with Crippen LogP contribution >= 0.6 is 0 Å². The van der Waals surface area contributed by atoms with E-state index in [1.165, 1.54) is 5.56 Å². The third-order valence-corrected chi connectivity index (χ3v) is 7.02. The molecule has 0 heterocycles. The van der Waals surface area contributed by atoms with Crippen LogP contribution in [0.2, 0.25) is 0 Å². The number of nitrogens with one attached hydrogen (secondary N) is 1. The summed E-state index contributed by atoms with van der Waals surface area (Å²) in [6.07, 6.45) is 2.98. The van der Waals surface area contributed by atoms with Gasteiger partial charge in [-0.3, -0.25) is 4.79 Å². The number of carbonyl (C=O) groups is 2. The predicted octanol–water partition coefficient (Wildman–Crippen LogP) is 5.44. The lowest BCUT2D eigenvalue weighted by molar-refractivity contribution is 0.0918. The lowest BCUT2D eigenvalue weighted by Crippen LogP contribution is -2.48. The van der Waals surface area contributed by atoms with Crippen molar-refractivity contribution < 1.29 is 19.1 Å². The molecule has 0 radical (unpaired) electrons. The van der Waals surface area contributed by atoms with Crippen LogP contribution in [0.3, 0.4) is 0 Å². The number of amides is 2. The Morgan fingerprint density at radius 1 is 0.914 bits per heavy atom. The molecule has 4 rings (SSSR count). The largest absolute Gasteiger partial charge is 0.496 e. The van der Waals surface area contributed by atoms with E-state index in [2.05, 4.69) is 17.4 Å². The highest BCUT2D eigenvalue weighted by Gasteiger charge is 2.39. The van der Waals surface area contributed by atoms with Crippen LogP contribution in [0.4, 0.5) is 4.79 Å². The normalized spacial score (nSPS) is 19.4. The molecule has 0 spiro atoms. The molecule has 6 nitrogen and oxygen atoms in total. The minimum atomic E-state index is -0.349. The second-order valence-corrected chi connectivity index (χ2v) is 9.05. The van der Waals surface area contributed by atoms with Gasteiger partial charge in [-0.2, -0.15) is 0 Å². The molecule has 2 amide bonds. The van der Waals surface area contributed by atoms with E-state index in [0.29, 0.717) is 23.6 Å². The molecule has 0 saturated heterocycles. The molecule has 0 aliphatic heterocycles. The number of carbonyl (C=O) groups excluding carboxylic acids is 2. The van der Waals surface area contributed by atoms with E-state index in [4.69, 9.17) is 9.47 Å². The highest BCUT2D eigenvalue weighted by Crippen LogP contribution is 2.40. The number of para-hydroxylation sites is 2. The zero-order valence-electron chi connectivity index (χ0n) is 20.3. The topological polar surface area (TPSA) is 67.9 Å². The van der Waals surface area contributed by atoms with Crippen molar-refractivity contribution in [3.8, 4) is 11.5 Å². The van der Waals surface area contributed by atoms with Crippen LogP contribution in [0.5, 0.6) is 11.5 Å². The monoisotopic (exact) mass is 472 g/mol. The fraction of sp³-hybridized carbons (Fsp3) is 0.310. The second kappa shape index (κ2) is 11.1. The van der Waals surface area contributed by atoms with E-state index in [9.17, 15) is 9.59 Å². The molecular formula is C29H32N2O4. The first-order valence-electron chi connectivity index (χ1n) is 12.0. The zero-order chi connectivity index (χ0) is 24.7. The lowest BCUT2D eigenvalue weighted by atomic mass is 9.68. The smallest absolute Gasteiger partial charge is 0.415 e. The van der Waals surface area contributed by atoms with Crippen LogP contribution in [0.15, 0.2) is 84.9 Å². The summed E-state index contributed by atoms with van der Waals surface area (Å²) in [5.74, 6) is 0.947. The fourth-order valence-electron chi connectivity index (χ4n) is 4.89. The van der Waals surface area contributed by atoms with Crippen molar-refractivity contribution in [1.82, 2.24) is 10.2 Å². The molecule has 3 aromatic carbocycles. The Morgan fingerprint density at radius 3 is 2.17 bits per heavy atom. The van der Waals surface area contributed by atoms with Gasteiger partial charge in [0.1, 0.15) is 11.5 Å². The number of hydrogen-bond donors (Lipinski definition) is 1. The Hall–Kier alpha value is -3.80. The molecule has 0 unspecified atom stereocenters. The van der Waals surface area contributed by atoms with Crippen molar-refractivity contribution in [2.24, 2.45) is 0 Å². The Bertz CT molecular complexity index is 1130. The number of ether oxygens (including phenoxy) is 2. The van der Waals surface area contributed by atoms with Crippen LogP contribution in [0.1, 0.15) is 41.6 Å². The van der Waals surface area contributed by atoms with Crippen molar-refractivity contribution in [3.05, 3.63) is 96.1 Å². The molecule has 35 heavy (non-hydrogen) atoms. The summed E-state index contributed by atoms with van der Waals surface area (Å²) in [6, 6.07) is 26.8. The summed E-state index contributed by atoms with van der Waals surface area (Å²) in [5.41, 5.74) is 1.52.